The minimum atomic E-state index is -1.26. The summed E-state index contributed by atoms with van der Waals surface area (Å²) < 4.78 is 5.37. The minimum Gasteiger partial charge on any atom is -0.494 e. The summed E-state index contributed by atoms with van der Waals surface area (Å²) >= 11 is 5.93. The van der Waals surface area contributed by atoms with Crippen LogP contribution in [-0.4, -0.2) is 18.4 Å². The number of halogens is 1. The van der Waals surface area contributed by atoms with Gasteiger partial charge in [-0.25, -0.2) is 0 Å². The maximum atomic E-state index is 12.6. The normalized spacial score (nSPS) is 11.0. The molecule has 2 amide bonds. The molecule has 138 valence electrons. The molecule has 0 atom stereocenters. The van der Waals surface area contributed by atoms with Crippen LogP contribution in [0.3, 0.4) is 0 Å². The van der Waals surface area contributed by atoms with Gasteiger partial charge in [-0.2, -0.15) is 0 Å². The van der Waals surface area contributed by atoms with E-state index in [-0.39, 0.29) is 0 Å². The van der Waals surface area contributed by atoms with Crippen molar-refractivity contribution in [1.82, 2.24) is 0 Å². The third-order valence-electron chi connectivity index (χ3n) is 4.00. The highest BCUT2D eigenvalue weighted by molar-refractivity contribution is 6.30. The lowest BCUT2D eigenvalue weighted by atomic mass is 9.90. The lowest BCUT2D eigenvalue weighted by Crippen LogP contribution is -2.41. The van der Waals surface area contributed by atoms with Gasteiger partial charge >= 0.3 is 0 Å². The Morgan fingerprint density at radius 3 is 2.23 bits per heavy atom. The average Bonchev–Trinajstić information content (AvgIpc) is 2.59. The van der Waals surface area contributed by atoms with Crippen molar-refractivity contribution in [3.8, 4) is 5.75 Å². The molecule has 0 aliphatic carbocycles. The largest absolute Gasteiger partial charge is 0.494 e. The van der Waals surface area contributed by atoms with Crippen molar-refractivity contribution < 1.29 is 14.3 Å². The van der Waals surface area contributed by atoms with Gasteiger partial charge in [0.25, 0.3) is 0 Å². The molecule has 2 N–H and O–H groups in total. The molecule has 6 heteroatoms. The molecule has 0 spiro atoms. The predicted octanol–water partition coefficient (Wildman–Crippen LogP) is 4.65. The van der Waals surface area contributed by atoms with E-state index in [0.717, 1.165) is 11.3 Å². The Bertz CT molecular complexity index is 801. The molecule has 0 bridgehead atoms. The Balaban J connectivity index is 2.07. The highest BCUT2D eigenvalue weighted by Gasteiger charge is 2.36. The molecule has 26 heavy (non-hydrogen) atoms. The molecule has 0 aliphatic heterocycles. The molecule has 0 heterocycles. The number of benzene rings is 2. The van der Waals surface area contributed by atoms with Gasteiger partial charge in [0.1, 0.15) is 11.2 Å². The van der Waals surface area contributed by atoms with Gasteiger partial charge in [-0.1, -0.05) is 11.6 Å². The number of ether oxygens (including phenoxy) is 1. The molecule has 2 aromatic rings. The molecule has 0 saturated carbocycles. The number of nitrogens with one attached hydrogen (secondary N) is 2. The molecule has 0 saturated heterocycles. The second-order valence-electron chi connectivity index (χ2n) is 6.45. The maximum absolute atomic E-state index is 12.6. The Kier molecular flexibility index (Phi) is 6.27. The first-order chi connectivity index (χ1) is 12.2. The first-order valence-corrected chi connectivity index (χ1v) is 8.73. The van der Waals surface area contributed by atoms with Crippen LogP contribution in [0.25, 0.3) is 0 Å². The van der Waals surface area contributed by atoms with Crippen LogP contribution in [0.1, 0.15) is 26.3 Å². The zero-order chi connectivity index (χ0) is 19.3. The standard InChI is InChI=1S/C20H23ClN2O3/c1-5-26-16-9-7-15(8-10-16)22-18(24)20(3,4)19(25)23-17-11-6-14(21)12-13(17)2/h6-12H,5H2,1-4H3,(H,22,24)(H,23,25). The number of amides is 2. The molecule has 0 radical (unpaired) electrons. The zero-order valence-corrected chi connectivity index (χ0v) is 16.1. The number of aryl methyl sites for hydroxylation is 1. The third-order valence-corrected chi connectivity index (χ3v) is 4.23. The van der Waals surface area contributed by atoms with E-state index in [2.05, 4.69) is 10.6 Å². The Morgan fingerprint density at radius 2 is 1.65 bits per heavy atom. The molecule has 0 fully saturated rings. The van der Waals surface area contributed by atoms with Gasteiger partial charge in [0.15, 0.2) is 0 Å². The summed E-state index contributed by atoms with van der Waals surface area (Å²) in [5.41, 5.74) is 0.793. The lowest BCUT2D eigenvalue weighted by molar-refractivity contribution is -0.135. The van der Waals surface area contributed by atoms with E-state index >= 15 is 0 Å². The van der Waals surface area contributed by atoms with E-state index in [9.17, 15) is 9.59 Å². The van der Waals surface area contributed by atoms with E-state index in [0.29, 0.717) is 23.0 Å². The maximum Gasteiger partial charge on any atom is 0.239 e. The molecule has 0 aliphatic rings. The molecule has 5 nitrogen and oxygen atoms in total. The van der Waals surface area contributed by atoms with Gasteiger partial charge in [0.05, 0.1) is 6.61 Å². The third kappa shape index (κ3) is 4.76. The SMILES string of the molecule is CCOc1ccc(NC(=O)C(C)(C)C(=O)Nc2ccc(Cl)cc2C)cc1. The van der Waals surface area contributed by atoms with Crippen LogP contribution in [-0.2, 0) is 9.59 Å². The van der Waals surface area contributed by atoms with Gasteiger partial charge in [0.2, 0.25) is 11.8 Å². The number of carbonyl (C=O) groups is 2. The van der Waals surface area contributed by atoms with Crippen molar-refractivity contribution in [3.05, 3.63) is 53.1 Å². The van der Waals surface area contributed by atoms with Crippen molar-refractivity contribution in [2.75, 3.05) is 17.2 Å². The van der Waals surface area contributed by atoms with Crippen LogP contribution in [0, 0.1) is 12.3 Å². The Labute approximate surface area is 158 Å². The highest BCUT2D eigenvalue weighted by atomic mass is 35.5. The summed E-state index contributed by atoms with van der Waals surface area (Å²) in [4.78, 5) is 25.2. The van der Waals surface area contributed by atoms with Crippen molar-refractivity contribution in [3.63, 3.8) is 0 Å². The van der Waals surface area contributed by atoms with Crippen LogP contribution < -0.4 is 15.4 Å². The lowest BCUT2D eigenvalue weighted by Gasteiger charge is -2.23. The summed E-state index contributed by atoms with van der Waals surface area (Å²) in [6.45, 7) is 7.48. The second kappa shape index (κ2) is 8.23. The van der Waals surface area contributed by atoms with E-state index < -0.39 is 17.2 Å². The van der Waals surface area contributed by atoms with Crippen molar-refractivity contribution in [1.29, 1.82) is 0 Å². The Hall–Kier alpha value is -2.53. The predicted molar refractivity (Wildman–Crippen MR) is 105 cm³/mol. The van der Waals surface area contributed by atoms with E-state index in [1.54, 1.807) is 56.3 Å². The summed E-state index contributed by atoms with van der Waals surface area (Å²) in [7, 11) is 0. The van der Waals surface area contributed by atoms with Crippen molar-refractivity contribution >= 4 is 34.8 Å². The summed E-state index contributed by atoms with van der Waals surface area (Å²) in [5, 5.41) is 6.15. The summed E-state index contributed by atoms with van der Waals surface area (Å²) in [5.74, 6) is -0.0714. The average molecular weight is 375 g/mol. The van der Waals surface area contributed by atoms with Crippen molar-refractivity contribution in [2.24, 2.45) is 5.41 Å². The number of rotatable bonds is 6. The van der Waals surface area contributed by atoms with Gasteiger partial charge in [0, 0.05) is 16.4 Å². The van der Waals surface area contributed by atoms with Gasteiger partial charge in [-0.3, -0.25) is 9.59 Å². The van der Waals surface area contributed by atoms with Crippen LogP contribution in [0.5, 0.6) is 5.75 Å². The second-order valence-corrected chi connectivity index (χ2v) is 6.89. The van der Waals surface area contributed by atoms with E-state index in [1.165, 1.54) is 0 Å². The Morgan fingerprint density at radius 1 is 1.04 bits per heavy atom. The summed E-state index contributed by atoms with van der Waals surface area (Å²) in [6, 6.07) is 12.2. The first-order valence-electron chi connectivity index (χ1n) is 8.36. The fourth-order valence-corrected chi connectivity index (χ4v) is 2.46. The highest BCUT2D eigenvalue weighted by Crippen LogP contribution is 2.25. The molecule has 2 rings (SSSR count). The van der Waals surface area contributed by atoms with Crippen LogP contribution in [0.15, 0.2) is 42.5 Å². The molecule has 0 aromatic heterocycles. The van der Waals surface area contributed by atoms with Gasteiger partial charge < -0.3 is 15.4 Å². The van der Waals surface area contributed by atoms with Crippen LogP contribution in [0.4, 0.5) is 11.4 Å². The fraction of sp³-hybridized carbons (Fsp3) is 0.300. The van der Waals surface area contributed by atoms with Crippen LogP contribution >= 0.6 is 11.6 Å². The quantitative estimate of drug-likeness (QED) is 0.723. The number of hydrogen-bond acceptors (Lipinski definition) is 3. The monoisotopic (exact) mass is 374 g/mol. The first kappa shape index (κ1) is 19.8. The zero-order valence-electron chi connectivity index (χ0n) is 15.4. The van der Waals surface area contributed by atoms with Crippen LogP contribution in [0.2, 0.25) is 5.02 Å². The number of hydrogen-bond donors (Lipinski definition) is 2. The molecule has 0 unspecified atom stereocenters. The van der Waals surface area contributed by atoms with Crippen molar-refractivity contribution in [2.45, 2.75) is 27.7 Å². The van der Waals surface area contributed by atoms with Gasteiger partial charge in [-0.05, 0) is 75.7 Å². The van der Waals surface area contributed by atoms with E-state index in [4.69, 9.17) is 16.3 Å². The van der Waals surface area contributed by atoms with Gasteiger partial charge in [-0.15, -0.1) is 0 Å². The fourth-order valence-electron chi connectivity index (χ4n) is 2.24. The van der Waals surface area contributed by atoms with E-state index in [1.807, 2.05) is 13.8 Å². The minimum absolute atomic E-state index is 0.397. The molecular formula is C20H23ClN2O3. The smallest absolute Gasteiger partial charge is 0.239 e. The molecular weight excluding hydrogens is 352 g/mol. The topological polar surface area (TPSA) is 67.4 Å². The molecule has 2 aromatic carbocycles. The number of carbonyl (C=O) groups excluding carboxylic acids is 2. The number of anilines is 2. The summed E-state index contributed by atoms with van der Waals surface area (Å²) in [6.07, 6.45) is 0.